The van der Waals surface area contributed by atoms with Crippen LogP contribution in [0.25, 0.3) is 27.8 Å². The van der Waals surface area contributed by atoms with Crippen molar-refractivity contribution < 1.29 is 4.73 Å². The van der Waals surface area contributed by atoms with Crippen molar-refractivity contribution in [2.24, 2.45) is 0 Å². The molecule has 0 aliphatic heterocycles. The number of rotatable bonds is 2. The number of fused-ring (bicyclic) bond motifs is 1. The maximum Gasteiger partial charge on any atom is 0.180 e. The molecular weight excluding hydrogens is 282 g/mol. The number of aromatic nitrogens is 3. The highest BCUT2D eigenvalue weighted by Crippen LogP contribution is 2.25. The maximum atomic E-state index is 11.1. The first-order chi connectivity index (χ1) is 10.3. The fourth-order valence-corrected chi connectivity index (χ4v) is 3.03. The number of hydrogen-bond donors (Lipinski definition) is 0. The van der Waals surface area contributed by atoms with Gasteiger partial charge in [-0.2, -0.15) is 16.1 Å². The van der Waals surface area contributed by atoms with Crippen LogP contribution in [0.2, 0.25) is 0 Å². The number of hydrogen-bond acceptors (Lipinski definition) is 3. The molecule has 5 heteroatoms. The van der Waals surface area contributed by atoms with Crippen LogP contribution in [-0.4, -0.2) is 9.55 Å². The molecule has 0 saturated heterocycles. The van der Waals surface area contributed by atoms with E-state index in [1.54, 1.807) is 11.3 Å². The molecule has 0 bridgehead atoms. The minimum Gasteiger partial charge on any atom is -0.619 e. The third kappa shape index (κ3) is 2.08. The summed E-state index contributed by atoms with van der Waals surface area (Å²) in [5.41, 5.74) is 5.21. The van der Waals surface area contributed by atoms with Crippen molar-refractivity contribution in [2.45, 2.75) is 0 Å². The molecule has 21 heavy (non-hydrogen) atoms. The van der Waals surface area contributed by atoms with Crippen LogP contribution < -0.4 is 4.73 Å². The lowest BCUT2D eigenvalue weighted by Crippen LogP contribution is -2.23. The minimum atomic E-state index is 0.785. The van der Waals surface area contributed by atoms with E-state index in [-0.39, 0.29) is 0 Å². The maximum absolute atomic E-state index is 11.1. The van der Waals surface area contributed by atoms with Crippen LogP contribution in [0.4, 0.5) is 0 Å². The average molecular weight is 293 g/mol. The Bertz CT molecular complexity index is 895. The highest BCUT2D eigenvalue weighted by molar-refractivity contribution is 7.08. The van der Waals surface area contributed by atoms with Crippen molar-refractivity contribution in [3.63, 3.8) is 0 Å². The van der Waals surface area contributed by atoms with Gasteiger partial charge in [-0.15, -0.1) is 0 Å². The second-order valence-electron chi connectivity index (χ2n) is 4.75. The highest BCUT2D eigenvalue weighted by atomic mass is 32.1. The summed E-state index contributed by atoms with van der Waals surface area (Å²) in [5, 5.41) is 15.3. The molecule has 0 radical (unpaired) electrons. The Kier molecular flexibility index (Phi) is 2.72. The van der Waals surface area contributed by atoms with Gasteiger partial charge in [0.15, 0.2) is 12.4 Å². The lowest BCUT2D eigenvalue weighted by atomic mass is 10.1. The minimum absolute atomic E-state index is 0.785. The second-order valence-corrected chi connectivity index (χ2v) is 5.53. The van der Waals surface area contributed by atoms with Gasteiger partial charge in [0.1, 0.15) is 6.33 Å². The van der Waals surface area contributed by atoms with Crippen molar-refractivity contribution in [1.82, 2.24) is 9.55 Å². The molecule has 4 nitrogen and oxygen atoms in total. The lowest BCUT2D eigenvalue weighted by molar-refractivity contribution is -0.605. The first kappa shape index (κ1) is 12.1. The van der Waals surface area contributed by atoms with Crippen molar-refractivity contribution in [3.8, 4) is 16.8 Å². The first-order valence-corrected chi connectivity index (χ1v) is 7.44. The fraction of sp³-hybridized carbons (Fsp3) is 0. The zero-order chi connectivity index (χ0) is 14.2. The van der Waals surface area contributed by atoms with Crippen LogP contribution in [0.3, 0.4) is 0 Å². The molecule has 3 heterocycles. The van der Waals surface area contributed by atoms with E-state index in [0.717, 1.165) is 32.6 Å². The molecule has 0 N–H and O–H groups in total. The molecule has 0 aliphatic carbocycles. The van der Waals surface area contributed by atoms with Crippen molar-refractivity contribution in [1.29, 1.82) is 0 Å². The highest BCUT2D eigenvalue weighted by Gasteiger charge is 2.07. The molecule has 0 amide bonds. The van der Waals surface area contributed by atoms with E-state index in [2.05, 4.69) is 38.5 Å². The standard InChI is InChI=1S/C16H11N3OS/c20-18-6-3-12(4-7-18)13-1-2-16-15(9-13)17-11-19(16)14-5-8-21-10-14/h1-11H. The molecule has 4 aromatic rings. The molecule has 0 atom stereocenters. The molecule has 3 aromatic heterocycles. The number of thiophene rings is 1. The summed E-state index contributed by atoms with van der Waals surface area (Å²) in [7, 11) is 0. The molecule has 0 saturated carbocycles. The predicted octanol–water partition coefficient (Wildman–Crippen LogP) is 3.39. The van der Waals surface area contributed by atoms with E-state index < -0.39 is 0 Å². The molecule has 0 unspecified atom stereocenters. The summed E-state index contributed by atoms with van der Waals surface area (Å²) in [6.07, 6.45) is 4.85. The SMILES string of the molecule is [O-][n+]1ccc(-c2ccc3c(c2)ncn3-c2ccsc2)cc1. The van der Waals surface area contributed by atoms with E-state index in [1.807, 2.05) is 24.5 Å². The van der Waals surface area contributed by atoms with Crippen LogP contribution in [0.1, 0.15) is 0 Å². The molecule has 0 aliphatic rings. The van der Waals surface area contributed by atoms with E-state index >= 15 is 0 Å². The van der Waals surface area contributed by atoms with E-state index in [1.165, 1.54) is 12.4 Å². The third-order valence-corrected chi connectivity index (χ3v) is 4.14. The number of imidazole rings is 1. The van der Waals surface area contributed by atoms with Gasteiger partial charge >= 0.3 is 0 Å². The van der Waals surface area contributed by atoms with Crippen molar-refractivity contribution >= 4 is 22.4 Å². The molecule has 102 valence electrons. The monoisotopic (exact) mass is 293 g/mol. The fourth-order valence-electron chi connectivity index (χ4n) is 2.40. The van der Waals surface area contributed by atoms with Gasteiger partial charge in [0, 0.05) is 17.5 Å². The first-order valence-electron chi connectivity index (χ1n) is 6.50. The predicted molar refractivity (Wildman–Crippen MR) is 83.3 cm³/mol. The van der Waals surface area contributed by atoms with Gasteiger partial charge in [0.2, 0.25) is 0 Å². The molecule has 4 rings (SSSR count). The Morgan fingerprint density at radius 3 is 2.67 bits per heavy atom. The smallest absolute Gasteiger partial charge is 0.180 e. The van der Waals surface area contributed by atoms with Gasteiger partial charge < -0.3 is 5.21 Å². The Morgan fingerprint density at radius 1 is 1.05 bits per heavy atom. The third-order valence-electron chi connectivity index (χ3n) is 3.47. The summed E-state index contributed by atoms with van der Waals surface area (Å²) < 4.78 is 2.86. The van der Waals surface area contributed by atoms with E-state index in [0.29, 0.717) is 0 Å². The van der Waals surface area contributed by atoms with Gasteiger partial charge in [-0.1, -0.05) is 6.07 Å². The molecular formula is C16H11N3OS. The van der Waals surface area contributed by atoms with Gasteiger partial charge in [-0.05, 0) is 34.7 Å². The van der Waals surface area contributed by atoms with Crippen molar-refractivity contribution in [3.05, 3.63) is 71.1 Å². The van der Waals surface area contributed by atoms with Gasteiger partial charge in [-0.25, -0.2) is 4.98 Å². The van der Waals surface area contributed by atoms with Crippen LogP contribution in [-0.2, 0) is 0 Å². The zero-order valence-corrected chi connectivity index (χ0v) is 11.8. The average Bonchev–Trinajstić information content (AvgIpc) is 3.16. The van der Waals surface area contributed by atoms with E-state index in [4.69, 9.17) is 0 Å². The second kappa shape index (κ2) is 4.71. The summed E-state index contributed by atoms with van der Waals surface area (Å²) in [6, 6.07) is 11.9. The Balaban J connectivity index is 1.83. The molecule has 1 aromatic carbocycles. The summed E-state index contributed by atoms with van der Waals surface area (Å²) >= 11 is 1.67. The van der Waals surface area contributed by atoms with Gasteiger partial charge in [0.25, 0.3) is 0 Å². The zero-order valence-electron chi connectivity index (χ0n) is 11.0. The Hall–Kier alpha value is -2.66. The topological polar surface area (TPSA) is 44.8 Å². The van der Waals surface area contributed by atoms with Gasteiger partial charge in [0.05, 0.1) is 16.7 Å². The summed E-state index contributed by atoms with van der Waals surface area (Å²) in [5.74, 6) is 0. The largest absolute Gasteiger partial charge is 0.619 e. The van der Waals surface area contributed by atoms with Gasteiger partial charge in [-0.3, -0.25) is 4.57 Å². The van der Waals surface area contributed by atoms with E-state index in [9.17, 15) is 5.21 Å². The van der Waals surface area contributed by atoms with Crippen LogP contribution in [0.5, 0.6) is 0 Å². The summed E-state index contributed by atoms with van der Waals surface area (Å²) in [6.45, 7) is 0. The quantitative estimate of drug-likeness (QED) is 0.420. The van der Waals surface area contributed by atoms with Crippen LogP contribution in [0.15, 0.2) is 65.9 Å². The Labute approximate surface area is 125 Å². The van der Waals surface area contributed by atoms with Crippen LogP contribution in [0, 0.1) is 5.21 Å². The summed E-state index contributed by atoms with van der Waals surface area (Å²) in [4.78, 5) is 4.48. The lowest BCUT2D eigenvalue weighted by Gasteiger charge is -2.03. The molecule has 0 fully saturated rings. The Morgan fingerprint density at radius 2 is 1.90 bits per heavy atom. The molecule has 0 spiro atoms. The van der Waals surface area contributed by atoms with Crippen molar-refractivity contribution in [2.75, 3.05) is 0 Å². The number of nitrogens with zero attached hydrogens (tertiary/aromatic N) is 3. The number of pyridine rings is 1. The number of benzene rings is 1. The van der Waals surface area contributed by atoms with Crippen LogP contribution >= 0.6 is 11.3 Å². The normalized spacial score (nSPS) is 11.0.